The fraction of sp³-hybridized carbons (Fsp3) is 0.208. The number of pyridine rings is 3. The van der Waals surface area contributed by atoms with E-state index in [0.29, 0.717) is 28.3 Å². The highest BCUT2D eigenvalue weighted by molar-refractivity contribution is 5.94. The number of piperidine rings is 1. The zero-order valence-corrected chi connectivity index (χ0v) is 17.0. The van der Waals surface area contributed by atoms with Crippen molar-refractivity contribution in [2.45, 2.75) is 18.9 Å². The average molecular weight is 414 g/mol. The molecule has 0 spiro atoms. The van der Waals surface area contributed by atoms with E-state index in [0.717, 1.165) is 42.5 Å². The van der Waals surface area contributed by atoms with Gasteiger partial charge in [-0.3, -0.25) is 9.97 Å². The van der Waals surface area contributed by atoms with Crippen molar-refractivity contribution in [3.05, 3.63) is 66.7 Å². The number of halogens is 1. The number of nitrogens with two attached hydrogens (primary N) is 2. The van der Waals surface area contributed by atoms with Crippen molar-refractivity contribution in [2.24, 2.45) is 5.73 Å². The zero-order valence-electron chi connectivity index (χ0n) is 17.0. The van der Waals surface area contributed by atoms with Crippen LogP contribution in [-0.2, 0) is 0 Å². The number of anilines is 2. The van der Waals surface area contributed by atoms with E-state index in [-0.39, 0.29) is 11.9 Å². The number of aromatic nitrogens is 3. The van der Waals surface area contributed by atoms with E-state index in [2.05, 4.69) is 19.9 Å². The maximum absolute atomic E-state index is 14.3. The molecule has 5 rings (SSSR count). The second-order valence-electron chi connectivity index (χ2n) is 7.88. The summed E-state index contributed by atoms with van der Waals surface area (Å²) in [6.07, 6.45) is 5.62. The lowest BCUT2D eigenvalue weighted by atomic mass is 10.0. The number of fused-ring (bicyclic) bond motifs is 1. The number of nitrogens with zero attached hydrogens (tertiary/aromatic N) is 4. The maximum atomic E-state index is 14.3. The summed E-state index contributed by atoms with van der Waals surface area (Å²) in [4.78, 5) is 16.0. The summed E-state index contributed by atoms with van der Waals surface area (Å²) in [5.41, 5.74) is 16.9. The van der Waals surface area contributed by atoms with E-state index in [1.807, 2.05) is 12.1 Å². The molecule has 1 aliphatic heterocycles. The van der Waals surface area contributed by atoms with Gasteiger partial charge in [-0.1, -0.05) is 12.1 Å². The smallest absolute Gasteiger partial charge is 0.132 e. The largest absolute Gasteiger partial charge is 0.397 e. The quantitative estimate of drug-likeness (QED) is 0.526. The van der Waals surface area contributed by atoms with Crippen LogP contribution in [0.1, 0.15) is 12.8 Å². The first-order valence-electron chi connectivity index (χ1n) is 10.4. The summed E-state index contributed by atoms with van der Waals surface area (Å²) >= 11 is 0. The van der Waals surface area contributed by atoms with E-state index >= 15 is 0 Å². The maximum Gasteiger partial charge on any atom is 0.132 e. The summed E-state index contributed by atoms with van der Waals surface area (Å²) in [7, 11) is 0. The lowest BCUT2D eigenvalue weighted by Crippen LogP contribution is -2.42. The molecule has 6 nitrogen and oxygen atoms in total. The molecule has 156 valence electrons. The third-order valence-electron chi connectivity index (χ3n) is 5.72. The summed E-state index contributed by atoms with van der Waals surface area (Å²) < 4.78 is 14.3. The molecule has 1 unspecified atom stereocenters. The summed E-state index contributed by atoms with van der Waals surface area (Å²) in [5.74, 6) is -0.329. The van der Waals surface area contributed by atoms with Crippen molar-refractivity contribution in [3.63, 3.8) is 0 Å². The van der Waals surface area contributed by atoms with Crippen molar-refractivity contribution in [2.75, 3.05) is 23.7 Å². The van der Waals surface area contributed by atoms with Crippen LogP contribution in [0.15, 0.2) is 60.9 Å². The van der Waals surface area contributed by atoms with Gasteiger partial charge in [0.2, 0.25) is 0 Å². The normalized spacial score (nSPS) is 16.6. The topological polar surface area (TPSA) is 94.0 Å². The Morgan fingerprint density at radius 1 is 1.03 bits per heavy atom. The third-order valence-corrected chi connectivity index (χ3v) is 5.72. The molecule has 0 aliphatic carbocycles. The van der Waals surface area contributed by atoms with Crippen LogP contribution in [0, 0.1) is 5.82 Å². The molecule has 0 saturated carbocycles. The number of benzene rings is 1. The molecule has 1 fully saturated rings. The molecule has 1 saturated heterocycles. The van der Waals surface area contributed by atoms with Crippen LogP contribution < -0.4 is 16.4 Å². The Bertz CT molecular complexity index is 1260. The zero-order chi connectivity index (χ0) is 21.4. The minimum Gasteiger partial charge on any atom is -0.397 e. The molecule has 3 aromatic heterocycles. The molecule has 1 atom stereocenters. The van der Waals surface area contributed by atoms with Crippen molar-refractivity contribution in [1.29, 1.82) is 0 Å². The standard InChI is InChI=1S/C24H23FN6/c25-18-6-2-1-5-16(18)20-8-7-19(27)24(30-20)21-12-17-22(13-29-21)28-10-9-23(17)31-11-3-4-15(26)14-31/h1-2,5-10,12-13,15H,3-4,11,14,26-27H2. The lowest BCUT2D eigenvalue weighted by Gasteiger charge is -2.33. The van der Waals surface area contributed by atoms with E-state index in [4.69, 9.17) is 11.5 Å². The molecule has 4 aromatic rings. The average Bonchev–Trinajstić information content (AvgIpc) is 2.79. The third kappa shape index (κ3) is 3.68. The van der Waals surface area contributed by atoms with Gasteiger partial charge in [0, 0.05) is 42.0 Å². The minimum atomic E-state index is -0.329. The van der Waals surface area contributed by atoms with E-state index < -0.39 is 0 Å². The fourth-order valence-electron chi connectivity index (χ4n) is 4.16. The van der Waals surface area contributed by atoms with E-state index in [1.165, 1.54) is 6.07 Å². The second kappa shape index (κ2) is 7.92. The van der Waals surface area contributed by atoms with Gasteiger partial charge in [-0.25, -0.2) is 9.37 Å². The first-order chi connectivity index (χ1) is 15.1. The molecule has 0 radical (unpaired) electrons. The minimum absolute atomic E-state index is 0.160. The first kappa shape index (κ1) is 19.4. The van der Waals surface area contributed by atoms with Gasteiger partial charge in [0.25, 0.3) is 0 Å². The van der Waals surface area contributed by atoms with Crippen LogP contribution in [0.5, 0.6) is 0 Å². The molecule has 1 aliphatic rings. The van der Waals surface area contributed by atoms with Crippen LogP contribution in [-0.4, -0.2) is 34.1 Å². The Morgan fingerprint density at radius 3 is 2.74 bits per heavy atom. The van der Waals surface area contributed by atoms with Gasteiger partial charge in [0.15, 0.2) is 0 Å². The van der Waals surface area contributed by atoms with Gasteiger partial charge < -0.3 is 16.4 Å². The molecule has 4 heterocycles. The predicted octanol–water partition coefficient (Wildman–Crippen LogP) is 4.01. The van der Waals surface area contributed by atoms with Gasteiger partial charge in [-0.05, 0) is 49.2 Å². The van der Waals surface area contributed by atoms with Crippen LogP contribution in [0.3, 0.4) is 0 Å². The molecular weight excluding hydrogens is 391 g/mol. The van der Waals surface area contributed by atoms with Crippen molar-refractivity contribution < 1.29 is 4.39 Å². The van der Waals surface area contributed by atoms with Crippen LogP contribution in [0.25, 0.3) is 33.5 Å². The fourth-order valence-corrected chi connectivity index (χ4v) is 4.16. The Hall–Kier alpha value is -3.58. The highest BCUT2D eigenvalue weighted by Crippen LogP contribution is 2.32. The Kier molecular flexibility index (Phi) is 4.95. The number of hydrogen-bond donors (Lipinski definition) is 2. The molecule has 0 amide bonds. The van der Waals surface area contributed by atoms with Gasteiger partial charge in [-0.2, -0.15) is 0 Å². The molecule has 7 heteroatoms. The highest BCUT2D eigenvalue weighted by atomic mass is 19.1. The van der Waals surface area contributed by atoms with Gasteiger partial charge in [-0.15, -0.1) is 0 Å². The molecular formula is C24H23FN6. The highest BCUT2D eigenvalue weighted by Gasteiger charge is 2.20. The lowest BCUT2D eigenvalue weighted by molar-refractivity contribution is 0.507. The monoisotopic (exact) mass is 414 g/mol. The molecule has 0 bridgehead atoms. The second-order valence-corrected chi connectivity index (χ2v) is 7.88. The number of hydrogen-bond acceptors (Lipinski definition) is 6. The predicted molar refractivity (Wildman–Crippen MR) is 122 cm³/mol. The first-order valence-corrected chi connectivity index (χ1v) is 10.4. The van der Waals surface area contributed by atoms with Crippen molar-refractivity contribution in [1.82, 2.24) is 15.0 Å². The number of rotatable bonds is 3. The van der Waals surface area contributed by atoms with E-state index in [1.54, 1.807) is 42.7 Å². The van der Waals surface area contributed by atoms with E-state index in [9.17, 15) is 4.39 Å². The molecule has 4 N–H and O–H groups in total. The van der Waals surface area contributed by atoms with Crippen LogP contribution >= 0.6 is 0 Å². The van der Waals surface area contributed by atoms with Crippen LogP contribution in [0.2, 0.25) is 0 Å². The Labute approximate surface area is 179 Å². The van der Waals surface area contributed by atoms with Gasteiger partial charge >= 0.3 is 0 Å². The van der Waals surface area contributed by atoms with Crippen molar-refractivity contribution in [3.8, 4) is 22.6 Å². The van der Waals surface area contributed by atoms with Crippen LogP contribution in [0.4, 0.5) is 15.8 Å². The number of nitrogen functional groups attached to an aromatic ring is 1. The summed E-state index contributed by atoms with van der Waals surface area (Å²) in [6.45, 7) is 1.76. The van der Waals surface area contributed by atoms with Gasteiger partial charge in [0.1, 0.15) is 11.5 Å². The molecule has 31 heavy (non-hydrogen) atoms. The Balaban J connectivity index is 1.62. The van der Waals surface area contributed by atoms with Gasteiger partial charge in [0.05, 0.1) is 28.8 Å². The van der Waals surface area contributed by atoms with Crippen molar-refractivity contribution >= 4 is 22.3 Å². The molecule has 1 aromatic carbocycles. The summed E-state index contributed by atoms with van der Waals surface area (Å²) in [6, 6.07) is 14.2. The summed E-state index contributed by atoms with van der Waals surface area (Å²) in [5, 5.41) is 0.971. The SMILES string of the molecule is Nc1ccc(-c2ccccc2F)nc1-c1cc2c(N3CCCC(N)C3)ccnc2cn1. The Morgan fingerprint density at radius 2 is 1.90 bits per heavy atom.